The van der Waals surface area contributed by atoms with Gasteiger partial charge in [-0.2, -0.15) is 0 Å². The predicted molar refractivity (Wildman–Crippen MR) is 82.6 cm³/mol. The number of fused-ring (bicyclic) bond motifs is 1. The molecule has 1 aliphatic heterocycles. The van der Waals surface area contributed by atoms with Crippen LogP contribution in [0.25, 0.3) is 11.1 Å². The van der Waals surface area contributed by atoms with Gasteiger partial charge in [0.1, 0.15) is 0 Å². The number of nitrogens with zero attached hydrogens (tertiary/aromatic N) is 1. The van der Waals surface area contributed by atoms with Crippen LogP contribution in [0.2, 0.25) is 0 Å². The van der Waals surface area contributed by atoms with Crippen LogP contribution in [0.5, 0.6) is 5.88 Å². The van der Waals surface area contributed by atoms with Crippen LogP contribution in [0.15, 0.2) is 36.5 Å². The lowest BCUT2D eigenvalue weighted by molar-refractivity contribution is -0.116. The molecule has 1 aromatic heterocycles. The van der Waals surface area contributed by atoms with Crippen molar-refractivity contribution in [2.45, 2.75) is 19.4 Å². The molecule has 0 radical (unpaired) electrons. The number of benzene rings is 1. The minimum atomic E-state index is 0.0266. The molecule has 21 heavy (non-hydrogen) atoms. The van der Waals surface area contributed by atoms with E-state index >= 15 is 0 Å². The molecule has 0 unspecified atom stereocenters. The maximum Gasteiger partial charge on any atom is 0.226 e. The summed E-state index contributed by atoms with van der Waals surface area (Å²) in [6, 6.07) is 9.71. The van der Waals surface area contributed by atoms with Gasteiger partial charge in [-0.1, -0.05) is 12.1 Å². The highest BCUT2D eigenvalue weighted by atomic mass is 16.5. The van der Waals surface area contributed by atoms with Crippen molar-refractivity contribution in [3.63, 3.8) is 0 Å². The minimum Gasteiger partial charge on any atom is -0.481 e. The zero-order valence-corrected chi connectivity index (χ0v) is 12.0. The van der Waals surface area contributed by atoms with Crippen molar-refractivity contribution in [2.75, 3.05) is 17.7 Å². The zero-order chi connectivity index (χ0) is 14.8. The lowest BCUT2D eigenvalue weighted by Crippen LogP contribution is -2.19. The maximum absolute atomic E-state index is 11.8. The van der Waals surface area contributed by atoms with Gasteiger partial charge in [0.15, 0.2) is 0 Å². The number of rotatable bonds is 2. The van der Waals surface area contributed by atoms with Crippen LogP contribution in [-0.2, 0) is 4.79 Å². The van der Waals surface area contributed by atoms with Crippen molar-refractivity contribution in [3.05, 3.63) is 36.5 Å². The summed E-state index contributed by atoms with van der Waals surface area (Å²) in [7, 11) is 1.59. The first-order chi connectivity index (χ1) is 10.2. The fourth-order valence-electron chi connectivity index (χ4n) is 2.49. The van der Waals surface area contributed by atoms with E-state index in [2.05, 4.69) is 15.6 Å². The van der Waals surface area contributed by atoms with Gasteiger partial charge in [0.05, 0.1) is 18.5 Å². The standard InChI is InChI=1S/C16H17N3O2/c1-10-8-14(20)19-13-5-3-4-12(16(13)18-10)11-6-7-15(21-2)17-9-11/h3-7,9-10,18H,8H2,1-2H3,(H,19,20)/t10-/m1/s1. The minimum absolute atomic E-state index is 0.0266. The number of para-hydroxylation sites is 1. The lowest BCUT2D eigenvalue weighted by atomic mass is 10.0. The monoisotopic (exact) mass is 283 g/mol. The quantitative estimate of drug-likeness (QED) is 0.889. The third kappa shape index (κ3) is 2.67. The van der Waals surface area contributed by atoms with Crippen LogP contribution in [0, 0.1) is 0 Å². The van der Waals surface area contributed by atoms with Crippen LogP contribution < -0.4 is 15.4 Å². The molecule has 2 N–H and O–H groups in total. The molecule has 0 saturated heterocycles. The molecule has 1 atom stereocenters. The molecule has 1 amide bonds. The molecule has 5 heteroatoms. The van der Waals surface area contributed by atoms with E-state index < -0.39 is 0 Å². The fraction of sp³-hybridized carbons (Fsp3) is 0.250. The number of hydrogen-bond donors (Lipinski definition) is 2. The van der Waals surface area contributed by atoms with Gasteiger partial charge in [-0.15, -0.1) is 0 Å². The van der Waals surface area contributed by atoms with E-state index in [0.29, 0.717) is 12.3 Å². The number of amides is 1. The summed E-state index contributed by atoms with van der Waals surface area (Å²) in [6.07, 6.45) is 2.22. The number of pyridine rings is 1. The number of methoxy groups -OCH3 is 1. The first-order valence-electron chi connectivity index (χ1n) is 6.87. The Hall–Kier alpha value is -2.56. The zero-order valence-electron chi connectivity index (χ0n) is 12.0. The highest BCUT2D eigenvalue weighted by Crippen LogP contribution is 2.36. The van der Waals surface area contributed by atoms with E-state index in [9.17, 15) is 4.79 Å². The number of nitrogens with one attached hydrogen (secondary N) is 2. The van der Waals surface area contributed by atoms with Crippen LogP contribution in [0.3, 0.4) is 0 Å². The second-order valence-electron chi connectivity index (χ2n) is 5.12. The summed E-state index contributed by atoms with van der Waals surface area (Å²) >= 11 is 0. The SMILES string of the molecule is COc1ccc(-c2cccc3c2N[C@H](C)CC(=O)N3)cn1. The molecule has 5 nitrogen and oxygen atoms in total. The number of hydrogen-bond acceptors (Lipinski definition) is 4. The average Bonchev–Trinajstić information content (AvgIpc) is 2.63. The van der Waals surface area contributed by atoms with Gasteiger partial charge in [0.25, 0.3) is 0 Å². The van der Waals surface area contributed by atoms with Crippen molar-refractivity contribution in [2.24, 2.45) is 0 Å². The third-order valence-electron chi connectivity index (χ3n) is 3.48. The fourth-order valence-corrected chi connectivity index (χ4v) is 2.49. The summed E-state index contributed by atoms with van der Waals surface area (Å²) < 4.78 is 5.09. The van der Waals surface area contributed by atoms with Crippen molar-refractivity contribution in [1.82, 2.24) is 4.98 Å². The number of carbonyl (C=O) groups excluding carboxylic acids is 1. The maximum atomic E-state index is 11.8. The molecule has 0 saturated carbocycles. The molecular formula is C16H17N3O2. The van der Waals surface area contributed by atoms with Crippen molar-refractivity contribution < 1.29 is 9.53 Å². The number of ether oxygens (including phenoxy) is 1. The van der Waals surface area contributed by atoms with E-state index in [0.717, 1.165) is 22.5 Å². The van der Waals surface area contributed by atoms with Gasteiger partial charge in [-0.25, -0.2) is 4.98 Å². The van der Waals surface area contributed by atoms with Crippen LogP contribution in [0.1, 0.15) is 13.3 Å². The number of aromatic nitrogens is 1. The Morgan fingerprint density at radius 2 is 2.14 bits per heavy atom. The van der Waals surface area contributed by atoms with Gasteiger partial charge in [0.2, 0.25) is 11.8 Å². The molecule has 1 aliphatic rings. The van der Waals surface area contributed by atoms with Gasteiger partial charge < -0.3 is 15.4 Å². The molecule has 0 aliphatic carbocycles. The van der Waals surface area contributed by atoms with E-state index in [-0.39, 0.29) is 11.9 Å². The average molecular weight is 283 g/mol. The van der Waals surface area contributed by atoms with Gasteiger partial charge in [0, 0.05) is 35.9 Å². The largest absolute Gasteiger partial charge is 0.481 e. The molecule has 0 bridgehead atoms. The molecule has 0 spiro atoms. The van der Waals surface area contributed by atoms with Crippen molar-refractivity contribution in [1.29, 1.82) is 0 Å². The molecule has 0 fully saturated rings. The summed E-state index contributed by atoms with van der Waals surface area (Å²) in [5.74, 6) is 0.606. The van der Waals surface area contributed by atoms with Crippen LogP contribution in [0.4, 0.5) is 11.4 Å². The van der Waals surface area contributed by atoms with Crippen LogP contribution in [-0.4, -0.2) is 24.0 Å². The Balaban J connectivity index is 2.07. The Morgan fingerprint density at radius 1 is 1.29 bits per heavy atom. The number of carbonyl (C=O) groups is 1. The highest BCUT2D eigenvalue weighted by Gasteiger charge is 2.20. The third-order valence-corrected chi connectivity index (χ3v) is 3.48. The van der Waals surface area contributed by atoms with Crippen molar-refractivity contribution >= 4 is 17.3 Å². The second-order valence-corrected chi connectivity index (χ2v) is 5.12. The Kier molecular flexibility index (Phi) is 3.48. The second kappa shape index (κ2) is 5.44. The van der Waals surface area contributed by atoms with Gasteiger partial charge in [-0.05, 0) is 19.1 Å². The van der Waals surface area contributed by atoms with E-state index in [4.69, 9.17) is 4.74 Å². The molecular weight excluding hydrogens is 266 g/mol. The molecule has 108 valence electrons. The van der Waals surface area contributed by atoms with E-state index in [1.54, 1.807) is 13.3 Å². The molecule has 2 aromatic rings. The Morgan fingerprint density at radius 3 is 2.86 bits per heavy atom. The van der Waals surface area contributed by atoms with Crippen LogP contribution >= 0.6 is 0 Å². The normalized spacial score (nSPS) is 17.2. The topological polar surface area (TPSA) is 63.2 Å². The smallest absolute Gasteiger partial charge is 0.226 e. The number of anilines is 2. The summed E-state index contributed by atoms with van der Waals surface area (Å²) in [6.45, 7) is 2.00. The predicted octanol–water partition coefficient (Wildman–Crippen LogP) is 2.90. The van der Waals surface area contributed by atoms with E-state index in [1.807, 2.05) is 37.3 Å². The van der Waals surface area contributed by atoms with Gasteiger partial charge in [-0.3, -0.25) is 4.79 Å². The highest BCUT2D eigenvalue weighted by molar-refractivity contribution is 6.00. The first kappa shape index (κ1) is 13.4. The lowest BCUT2D eigenvalue weighted by Gasteiger charge is -2.16. The summed E-state index contributed by atoms with van der Waals surface area (Å²) in [5.41, 5.74) is 3.72. The first-order valence-corrected chi connectivity index (χ1v) is 6.87. The molecule has 2 heterocycles. The molecule has 3 rings (SSSR count). The van der Waals surface area contributed by atoms with Crippen molar-refractivity contribution in [3.8, 4) is 17.0 Å². The summed E-state index contributed by atoms with van der Waals surface area (Å²) in [4.78, 5) is 16.1. The Labute approximate surface area is 123 Å². The Bertz CT molecular complexity index is 668. The molecule has 1 aromatic carbocycles. The van der Waals surface area contributed by atoms with Gasteiger partial charge >= 0.3 is 0 Å². The summed E-state index contributed by atoms with van der Waals surface area (Å²) in [5, 5.41) is 6.35. The van der Waals surface area contributed by atoms with E-state index in [1.165, 1.54) is 0 Å².